The molecule has 0 radical (unpaired) electrons. The first kappa shape index (κ1) is 17.7. The number of thiocarbonyl (C=S) groups is 1. The summed E-state index contributed by atoms with van der Waals surface area (Å²) in [5, 5.41) is 4.27. The third-order valence-electron chi connectivity index (χ3n) is 5.38. The number of nitrogens with one attached hydrogen (secondary N) is 1. The van der Waals surface area contributed by atoms with Crippen LogP contribution in [-0.2, 0) is 6.54 Å². The molecule has 1 aliphatic rings. The van der Waals surface area contributed by atoms with Crippen molar-refractivity contribution in [3.63, 3.8) is 0 Å². The normalized spacial score (nSPS) is 19.4. The second kappa shape index (κ2) is 7.16. The maximum atomic E-state index is 5.77. The summed E-state index contributed by atoms with van der Waals surface area (Å²) in [4.78, 5) is 6.86. The lowest BCUT2D eigenvalue weighted by Crippen LogP contribution is -2.29. The molecule has 1 aromatic carbocycles. The molecule has 1 aliphatic heterocycles. The zero-order valence-electron chi connectivity index (χ0n) is 15.9. The van der Waals surface area contributed by atoms with E-state index in [1.54, 1.807) is 0 Å². The molecule has 1 saturated heterocycles. The molecule has 27 heavy (non-hydrogen) atoms. The maximum absolute atomic E-state index is 5.77. The molecule has 0 bridgehead atoms. The van der Waals surface area contributed by atoms with Gasteiger partial charge in [0.25, 0.3) is 0 Å². The first-order chi connectivity index (χ1) is 13.1. The van der Waals surface area contributed by atoms with Crippen molar-refractivity contribution in [2.24, 2.45) is 0 Å². The number of pyridine rings is 1. The van der Waals surface area contributed by atoms with Crippen LogP contribution in [0.15, 0.2) is 60.8 Å². The zero-order chi connectivity index (χ0) is 19.0. The van der Waals surface area contributed by atoms with Gasteiger partial charge in [0.05, 0.1) is 17.8 Å². The number of aryl methyl sites for hydroxylation is 1. The van der Waals surface area contributed by atoms with Crippen LogP contribution in [0.25, 0.3) is 0 Å². The van der Waals surface area contributed by atoms with E-state index in [1.807, 2.05) is 24.4 Å². The van der Waals surface area contributed by atoms with Gasteiger partial charge in [0.15, 0.2) is 5.11 Å². The summed E-state index contributed by atoms with van der Waals surface area (Å²) in [7, 11) is 0. The maximum Gasteiger partial charge on any atom is 0.174 e. The van der Waals surface area contributed by atoms with Crippen molar-refractivity contribution in [3.8, 4) is 0 Å². The second-order valence-corrected chi connectivity index (χ2v) is 7.29. The van der Waals surface area contributed by atoms with Crippen molar-refractivity contribution in [1.29, 1.82) is 0 Å². The Morgan fingerprint density at radius 3 is 2.44 bits per heavy atom. The summed E-state index contributed by atoms with van der Waals surface area (Å²) >= 11 is 5.77. The van der Waals surface area contributed by atoms with Gasteiger partial charge in [0, 0.05) is 29.8 Å². The molecule has 0 unspecified atom stereocenters. The Hall–Kier alpha value is -2.66. The molecule has 3 aromatic rings. The van der Waals surface area contributed by atoms with E-state index in [-0.39, 0.29) is 12.1 Å². The van der Waals surface area contributed by atoms with Gasteiger partial charge >= 0.3 is 0 Å². The summed E-state index contributed by atoms with van der Waals surface area (Å²) in [5.41, 5.74) is 5.95. The van der Waals surface area contributed by atoms with Crippen LogP contribution in [0.5, 0.6) is 0 Å². The lowest BCUT2D eigenvalue weighted by atomic mass is 9.96. The van der Waals surface area contributed by atoms with Gasteiger partial charge in [-0.05, 0) is 68.9 Å². The first-order valence-electron chi connectivity index (χ1n) is 9.34. The van der Waals surface area contributed by atoms with Crippen LogP contribution in [0.4, 0.5) is 5.69 Å². The van der Waals surface area contributed by atoms with Crippen molar-refractivity contribution in [1.82, 2.24) is 14.9 Å². The molecule has 2 aromatic heterocycles. The zero-order valence-corrected chi connectivity index (χ0v) is 16.7. The minimum atomic E-state index is 0.00436. The molecule has 4 rings (SSSR count). The summed E-state index contributed by atoms with van der Waals surface area (Å²) in [5.74, 6) is 0. The highest BCUT2D eigenvalue weighted by molar-refractivity contribution is 7.80. The Bertz CT molecular complexity index is 949. The number of benzene rings is 1. The van der Waals surface area contributed by atoms with Crippen LogP contribution in [0.3, 0.4) is 0 Å². The Kier molecular flexibility index (Phi) is 4.70. The minimum Gasteiger partial charge on any atom is -0.351 e. The Morgan fingerprint density at radius 1 is 1.07 bits per heavy atom. The van der Waals surface area contributed by atoms with Gasteiger partial charge < -0.3 is 14.8 Å². The fraction of sp³-hybridized carbons (Fsp3) is 0.273. The predicted octanol–water partition coefficient (Wildman–Crippen LogP) is 4.70. The van der Waals surface area contributed by atoms with Gasteiger partial charge in [-0.15, -0.1) is 0 Å². The van der Waals surface area contributed by atoms with Crippen molar-refractivity contribution in [2.45, 2.75) is 39.4 Å². The monoisotopic (exact) mass is 376 g/mol. The van der Waals surface area contributed by atoms with Crippen molar-refractivity contribution in [2.75, 3.05) is 4.90 Å². The SMILES string of the molecule is CCn1c(C)cc([C@@H]2[C@@H](c3ccccn3)NC(=S)N2c2ccccc2)c1C. The third kappa shape index (κ3) is 3.02. The van der Waals surface area contributed by atoms with Crippen LogP contribution < -0.4 is 10.2 Å². The molecular weight excluding hydrogens is 352 g/mol. The first-order valence-corrected chi connectivity index (χ1v) is 9.75. The van der Waals surface area contributed by atoms with Crippen molar-refractivity contribution < 1.29 is 0 Å². The molecule has 3 heterocycles. The summed E-state index contributed by atoms with van der Waals surface area (Å²) < 4.78 is 2.36. The molecule has 0 saturated carbocycles. The largest absolute Gasteiger partial charge is 0.351 e. The van der Waals surface area contributed by atoms with E-state index in [9.17, 15) is 0 Å². The number of nitrogens with zero attached hydrogens (tertiary/aromatic N) is 3. The number of hydrogen-bond acceptors (Lipinski definition) is 2. The third-order valence-corrected chi connectivity index (χ3v) is 5.69. The van der Waals surface area contributed by atoms with Crippen molar-refractivity contribution in [3.05, 3.63) is 83.4 Å². The number of hydrogen-bond donors (Lipinski definition) is 1. The van der Waals surface area contributed by atoms with Crippen LogP contribution in [-0.4, -0.2) is 14.7 Å². The van der Waals surface area contributed by atoms with Gasteiger partial charge in [0.2, 0.25) is 0 Å². The van der Waals surface area contributed by atoms with Crippen molar-refractivity contribution >= 4 is 23.0 Å². The van der Waals surface area contributed by atoms with Crippen LogP contribution in [0, 0.1) is 13.8 Å². The standard InChI is InChI=1S/C22H24N4S/c1-4-25-15(2)14-18(16(25)3)21-20(19-12-8-9-13-23-19)24-22(27)26(21)17-10-6-5-7-11-17/h5-14,20-21H,4H2,1-3H3,(H,24,27)/t20-,21-/m1/s1. The highest BCUT2D eigenvalue weighted by Gasteiger charge is 2.42. The molecule has 1 N–H and O–H groups in total. The Morgan fingerprint density at radius 2 is 1.81 bits per heavy atom. The summed E-state index contributed by atoms with van der Waals surface area (Å²) in [6, 6.07) is 18.8. The highest BCUT2D eigenvalue weighted by Crippen LogP contribution is 2.43. The van der Waals surface area contributed by atoms with Crippen LogP contribution >= 0.6 is 12.2 Å². The average molecular weight is 377 g/mol. The van der Waals surface area contributed by atoms with Gasteiger partial charge in [-0.3, -0.25) is 4.98 Å². The molecule has 4 nitrogen and oxygen atoms in total. The molecule has 0 amide bonds. The lowest BCUT2D eigenvalue weighted by molar-refractivity contribution is 0.563. The number of aromatic nitrogens is 2. The number of anilines is 1. The minimum absolute atomic E-state index is 0.00436. The number of rotatable bonds is 4. The van der Waals surface area contributed by atoms with Gasteiger partial charge in [-0.2, -0.15) is 0 Å². The van der Waals surface area contributed by atoms with E-state index < -0.39 is 0 Å². The van der Waals surface area contributed by atoms with E-state index in [0.717, 1.165) is 23.0 Å². The van der Waals surface area contributed by atoms with E-state index in [1.165, 1.54) is 17.0 Å². The van der Waals surface area contributed by atoms with Crippen LogP contribution in [0.2, 0.25) is 0 Å². The van der Waals surface area contributed by atoms with Gasteiger partial charge in [-0.1, -0.05) is 24.3 Å². The van der Waals surface area contributed by atoms with E-state index in [0.29, 0.717) is 0 Å². The van der Waals surface area contributed by atoms with Crippen LogP contribution in [0.1, 0.15) is 41.7 Å². The second-order valence-electron chi connectivity index (χ2n) is 6.90. The Labute approximate surface area is 165 Å². The molecule has 5 heteroatoms. The molecule has 138 valence electrons. The van der Waals surface area contributed by atoms with Gasteiger partial charge in [-0.25, -0.2) is 0 Å². The van der Waals surface area contributed by atoms with E-state index in [2.05, 4.69) is 76.9 Å². The topological polar surface area (TPSA) is 33.1 Å². The molecule has 0 aliphatic carbocycles. The quantitative estimate of drug-likeness (QED) is 0.669. The summed E-state index contributed by atoms with van der Waals surface area (Å²) in [6.07, 6.45) is 1.84. The smallest absolute Gasteiger partial charge is 0.174 e. The predicted molar refractivity (Wildman–Crippen MR) is 114 cm³/mol. The fourth-order valence-electron chi connectivity index (χ4n) is 4.15. The van der Waals surface area contributed by atoms with E-state index >= 15 is 0 Å². The average Bonchev–Trinajstić information content (AvgIpc) is 3.18. The number of para-hydroxylation sites is 1. The lowest BCUT2D eigenvalue weighted by Gasteiger charge is -2.28. The summed E-state index contributed by atoms with van der Waals surface area (Å²) in [6.45, 7) is 7.52. The molecule has 1 fully saturated rings. The fourth-order valence-corrected chi connectivity index (χ4v) is 4.50. The van der Waals surface area contributed by atoms with E-state index in [4.69, 9.17) is 12.2 Å². The highest BCUT2D eigenvalue weighted by atomic mass is 32.1. The molecular formula is C22H24N4S. The van der Waals surface area contributed by atoms with Gasteiger partial charge in [0.1, 0.15) is 0 Å². The Balaban J connectivity index is 1.88. The molecule has 2 atom stereocenters. The molecule has 0 spiro atoms.